The third-order valence-electron chi connectivity index (χ3n) is 4.61. The van der Waals surface area contributed by atoms with Gasteiger partial charge in [0.25, 0.3) is 0 Å². The summed E-state index contributed by atoms with van der Waals surface area (Å²) in [5, 5.41) is 6.44. The van der Waals surface area contributed by atoms with Crippen molar-refractivity contribution in [2.75, 3.05) is 11.9 Å². The summed E-state index contributed by atoms with van der Waals surface area (Å²) in [6, 6.07) is 16.1. The third kappa shape index (κ3) is 7.74. The number of nitrogens with one attached hydrogen (secondary N) is 2. The van der Waals surface area contributed by atoms with Gasteiger partial charge in [-0.2, -0.15) is 18.3 Å². The molecule has 2 amide bonds. The molecule has 0 atom stereocenters. The summed E-state index contributed by atoms with van der Waals surface area (Å²) in [7, 11) is 0. The van der Waals surface area contributed by atoms with Crippen LogP contribution in [-0.2, 0) is 22.4 Å². The Morgan fingerprint density at radius 2 is 1.72 bits per heavy atom. The molecule has 0 heterocycles. The first-order chi connectivity index (χ1) is 17.2. The van der Waals surface area contributed by atoms with E-state index in [-0.39, 0.29) is 5.69 Å². The van der Waals surface area contributed by atoms with Crippen molar-refractivity contribution in [2.24, 2.45) is 5.10 Å². The van der Waals surface area contributed by atoms with Crippen molar-refractivity contribution in [1.82, 2.24) is 5.43 Å². The number of carbonyl (C=O) groups excluding carboxylic acids is 2. The minimum atomic E-state index is -4.58. The Labute approximate surface area is 209 Å². The number of alkyl halides is 3. The van der Waals surface area contributed by atoms with Crippen molar-refractivity contribution in [3.63, 3.8) is 0 Å². The number of hydrogen-bond donors (Lipinski definition) is 2. The fraction of sp³-hybridized carbons (Fsp3) is 0.160. The minimum absolute atomic E-state index is 0.176. The lowest BCUT2D eigenvalue weighted by molar-refractivity contribution is -0.137. The molecule has 0 bridgehead atoms. The highest BCUT2D eigenvalue weighted by molar-refractivity contribution is 6.39. The first-order valence-electron chi connectivity index (χ1n) is 10.6. The summed E-state index contributed by atoms with van der Waals surface area (Å²) in [4.78, 5) is 24.0. The Kier molecular flexibility index (Phi) is 8.91. The molecule has 0 spiro atoms. The van der Waals surface area contributed by atoms with Gasteiger partial charge in [0.05, 0.1) is 18.4 Å². The zero-order chi connectivity index (χ0) is 26.1. The van der Waals surface area contributed by atoms with E-state index in [4.69, 9.17) is 21.1 Å². The van der Waals surface area contributed by atoms with Gasteiger partial charge in [0.15, 0.2) is 11.5 Å². The molecule has 7 nitrogen and oxygen atoms in total. The van der Waals surface area contributed by atoms with Crippen molar-refractivity contribution in [3.05, 3.63) is 88.4 Å². The number of hydrazone groups is 1. The molecule has 0 unspecified atom stereocenters. The minimum Gasteiger partial charge on any atom is -0.490 e. The van der Waals surface area contributed by atoms with Gasteiger partial charge >= 0.3 is 18.0 Å². The average molecular weight is 520 g/mol. The summed E-state index contributed by atoms with van der Waals surface area (Å²) in [5.41, 5.74) is 2.35. The number of nitrogens with zero attached hydrogens (tertiary/aromatic N) is 1. The van der Waals surface area contributed by atoms with E-state index in [1.165, 1.54) is 12.3 Å². The molecule has 3 rings (SSSR count). The standard InChI is InChI=1S/C25H21ClF3N3O4/c1-2-35-22-12-17(8-11-21(22)36-15-16-6-9-19(26)10-7-16)14-30-32-24(34)23(33)31-20-5-3-4-18(13-20)25(27,28)29/h3-14H,2,15H2,1H3,(H,31,33)(H,32,34). The van der Waals surface area contributed by atoms with Gasteiger partial charge in [-0.25, -0.2) is 5.43 Å². The number of ether oxygens (including phenoxy) is 2. The SMILES string of the molecule is CCOc1cc(C=NNC(=O)C(=O)Nc2cccc(C(F)(F)F)c2)ccc1OCc1ccc(Cl)cc1. The number of carbonyl (C=O) groups is 2. The van der Waals surface area contributed by atoms with Crippen LogP contribution in [0.5, 0.6) is 11.5 Å². The van der Waals surface area contributed by atoms with Gasteiger partial charge in [0.1, 0.15) is 6.61 Å². The summed E-state index contributed by atoms with van der Waals surface area (Å²) in [6.45, 7) is 2.49. The second kappa shape index (κ2) is 12.1. The molecule has 188 valence electrons. The monoisotopic (exact) mass is 519 g/mol. The molecule has 36 heavy (non-hydrogen) atoms. The number of amides is 2. The molecule has 3 aromatic carbocycles. The molecule has 2 N–H and O–H groups in total. The molecule has 0 radical (unpaired) electrons. The smallest absolute Gasteiger partial charge is 0.416 e. The Morgan fingerprint density at radius 3 is 2.42 bits per heavy atom. The van der Waals surface area contributed by atoms with E-state index < -0.39 is 23.6 Å². The summed E-state index contributed by atoms with van der Waals surface area (Å²) in [5.74, 6) is -1.39. The van der Waals surface area contributed by atoms with Gasteiger partial charge in [-0.1, -0.05) is 29.8 Å². The predicted octanol–water partition coefficient (Wildman–Crippen LogP) is 5.43. The molecule has 0 saturated carbocycles. The van der Waals surface area contributed by atoms with E-state index in [9.17, 15) is 22.8 Å². The largest absolute Gasteiger partial charge is 0.490 e. The summed E-state index contributed by atoms with van der Waals surface area (Å²) < 4.78 is 49.8. The lowest BCUT2D eigenvalue weighted by Crippen LogP contribution is -2.32. The van der Waals surface area contributed by atoms with Crippen molar-refractivity contribution in [3.8, 4) is 11.5 Å². The van der Waals surface area contributed by atoms with E-state index in [1.807, 2.05) is 24.5 Å². The summed E-state index contributed by atoms with van der Waals surface area (Å²) >= 11 is 5.89. The maximum atomic E-state index is 12.8. The van der Waals surface area contributed by atoms with Gasteiger partial charge in [0, 0.05) is 10.7 Å². The van der Waals surface area contributed by atoms with Crippen molar-refractivity contribution in [1.29, 1.82) is 0 Å². The van der Waals surface area contributed by atoms with Gasteiger partial charge in [-0.15, -0.1) is 0 Å². The Hall–Kier alpha value is -4.05. The van der Waals surface area contributed by atoms with E-state index in [1.54, 1.807) is 30.3 Å². The maximum Gasteiger partial charge on any atom is 0.416 e. The number of anilines is 1. The normalized spacial score (nSPS) is 11.2. The molecular weight excluding hydrogens is 499 g/mol. The zero-order valence-corrected chi connectivity index (χ0v) is 19.7. The molecule has 3 aromatic rings. The van der Waals surface area contributed by atoms with Gasteiger partial charge in [0.2, 0.25) is 0 Å². The number of benzene rings is 3. The highest BCUT2D eigenvalue weighted by Crippen LogP contribution is 2.31. The van der Waals surface area contributed by atoms with Gasteiger partial charge < -0.3 is 14.8 Å². The van der Waals surface area contributed by atoms with Crippen LogP contribution in [0.3, 0.4) is 0 Å². The van der Waals surface area contributed by atoms with Crippen LogP contribution in [0.25, 0.3) is 0 Å². The lowest BCUT2D eigenvalue weighted by atomic mass is 10.2. The molecular formula is C25H21ClF3N3O4. The first kappa shape index (κ1) is 26.6. The number of rotatable bonds is 8. The van der Waals surface area contributed by atoms with E-state index in [2.05, 4.69) is 10.4 Å². The van der Waals surface area contributed by atoms with Gasteiger partial charge in [-0.05, 0) is 66.6 Å². The Balaban J connectivity index is 1.59. The molecule has 11 heteroatoms. The topological polar surface area (TPSA) is 89.0 Å². The Morgan fingerprint density at radius 1 is 0.972 bits per heavy atom. The Bertz CT molecular complexity index is 1250. The molecule has 0 aromatic heterocycles. The highest BCUT2D eigenvalue weighted by atomic mass is 35.5. The van der Waals surface area contributed by atoms with Crippen LogP contribution in [0.15, 0.2) is 71.8 Å². The van der Waals surface area contributed by atoms with Crippen molar-refractivity contribution >= 4 is 35.3 Å². The highest BCUT2D eigenvalue weighted by Gasteiger charge is 2.30. The van der Waals surface area contributed by atoms with Crippen molar-refractivity contribution in [2.45, 2.75) is 19.7 Å². The molecule has 0 aliphatic rings. The first-order valence-corrected chi connectivity index (χ1v) is 11.0. The average Bonchev–Trinajstić information content (AvgIpc) is 2.84. The summed E-state index contributed by atoms with van der Waals surface area (Å²) in [6.07, 6.45) is -3.30. The van der Waals surface area contributed by atoms with Crippen LogP contribution in [0.2, 0.25) is 5.02 Å². The lowest BCUT2D eigenvalue weighted by Gasteiger charge is -2.12. The van der Waals surface area contributed by atoms with Crippen LogP contribution < -0.4 is 20.2 Å². The third-order valence-corrected chi connectivity index (χ3v) is 4.86. The predicted molar refractivity (Wildman–Crippen MR) is 129 cm³/mol. The van der Waals surface area contributed by atoms with Crippen LogP contribution in [0.1, 0.15) is 23.6 Å². The number of hydrogen-bond acceptors (Lipinski definition) is 5. The fourth-order valence-corrected chi connectivity index (χ4v) is 3.04. The number of halogens is 4. The van der Waals surface area contributed by atoms with E-state index >= 15 is 0 Å². The van der Waals surface area contributed by atoms with Crippen LogP contribution in [0, 0.1) is 0 Å². The second-order valence-corrected chi connectivity index (χ2v) is 7.72. The van der Waals surface area contributed by atoms with Crippen LogP contribution in [-0.4, -0.2) is 24.6 Å². The molecule has 0 fully saturated rings. The second-order valence-electron chi connectivity index (χ2n) is 7.29. The van der Waals surface area contributed by atoms with Gasteiger partial charge in [-0.3, -0.25) is 9.59 Å². The molecule has 0 saturated heterocycles. The van der Waals surface area contributed by atoms with E-state index in [0.29, 0.717) is 35.3 Å². The van der Waals surface area contributed by atoms with Crippen LogP contribution >= 0.6 is 11.6 Å². The van der Waals surface area contributed by atoms with Crippen molar-refractivity contribution < 1.29 is 32.2 Å². The quantitative estimate of drug-likeness (QED) is 0.236. The van der Waals surface area contributed by atoms with E-state index in [0.717, 1.165) is 23.8 Å². The van der Waals surface area contributed by atoms with Crippen LogP contribution in [0.4, 0.5) is 18.9 Å². The fourth-order valence-electron chi connectivity index (χ4n) is 2.91. The zero-order valence-electron chi connectivity index (χ0n) is 18.9. The molecule has 0 aliphatic carbocycles. The maximum absolute atomic E-state index is 12.8. The molecule has 0 aliphatic heterocycles.